The van der Waals surface area contributed by atoms with E-state index >= 15 is 0 Å². The fraction of sp³-hybridized carbons (Fsp3) is 0.917. The number of rotatable bonds is 7. The van der Waals surface area contributed by atoms with Gasteiger partial charge in [-0.15, -0.1) is 0 Å². The minimum absolute atomic E-state index is 0.0190. The molecular weight excluding hydrogens is 204 g/mol. The lowest BCUT2D eigenvalue weighted by atomic mass is 10.0. The van der Waals surface area contributed by atoms with Gasteiger partial charge in [-0.25, -0.2) is 0 Å². The molecule has 0 rings (SSSR count). The molecule has 2 atom stereocenters. The number of amides is 1. The lowest BCUT2D eigenvalue weighted by molar-refractivity contribution is -0.133. The first kappa shape index (κ1) is 15.4. The molecule has 0 aliphatic heterocycles. The van der Waals surface area contributed by atoms with Crippen LogP contribution in [-0.4, -0.2) is 47.7 Å². The van der Waals surface area contributed by atoms with Gasteiger partial charge in [-0.2, -0.15) is 0 Å². The van der Waals surface area contributed by atoms with Crippen LogP contribution in [0.2, 0.25) is 0 Å². The third-order valence-electron chi connectivity index (χ3n) is 2.91. The third-order valence-corrected chi connectivity index (χ3v) is 2.91. The smallest absolute Gasteiger partial charge is 0.239 e. The van der Waals surface area contributed by atoms with Gasteiger partial charge in [0.2, 0.25) is 5.91 Å². The monoisotopic (exact) mass is 230 g/mol. The lowest BCUT2D eigenvalue weighted by Gasteiger charge is -2.28. The number of likely N-dealkylation sites (N-methyl/N-ethyl adjacent to an activating group) is 1. The number of carbonyl (C=O) groups excluding carboxylic acids is 1. The first-order chi connectivity index (χ1) is 7.47. The second-order valence-corrected chi connectivity index (χ2v) is 4.43. The van der Waals surface area contributed by atoms with Gasteiger partial charge in [0.15, 0.2) is 0 Å². The molecule has 0 aliphatic carbocycles. The van der Waals surface area contributed by atoms with Crippen molar-refractivity contribution in [3.05, 3.63) is 0 Å². The molecule has 0 heterocycles. The minimum Gasteiger partial charge on any atom is -0.395 e. The second kappa shape index (κ2) is 7.63. The summed E-state index contributed by atoms with van der Waals surface area (Å²) in [7, 11) is 0. The van der Waals surface area contributed by atoms with Crippen LogP contribution in [0.3, 0.4) is 0 Å². The van der Waals surface area contributed by atoms with Crippen molar-refractivity contribution in [2.75, 3.05) is 19.7 Å². The summed E-state index contributed by atoms with van der Waals surface area (Å²) in [5.41, 5.74) is 0. The van der Waals surface area contributed by atoms with E-state index in [-0.39, 0.29) is 24.6 Å². The van der Waals surface area contributed by atoms with Crippen LogP contribution in [0.1, 0.15) is 34.6 Å². The van der Waals surface area contributed by atoms with Crippen LogP contribution in [0.4, 0.5) is 0 Å². The first-order valence-corrected chi connectivity index (χ1v) is 6.13. The summed E-state index contributed by atoms with van der Waals surface area (Å²) in [6.07, 6.45) is 0. The number of aliphatic hydroxyl groups excluding tert-OH is 1. The van der Waals surface area contributed by atoms with E-state index in [2.05, 4.69) is 5.32 Å². The van der Waals surface area contributed by atoms with E-state index in [4.69, 9.17) is 0 Å². The molecule has 0 spiro atoms. The summed E-state index contributed by atoms with van der Waals surface area (Å²) in [5.74, 6) is 0.418. The molecule has 0 bridgehead atoms. The molecule has 0 aliphatic rings. The van der Waals surface area contributed by atoms with Crippen LogP contribution < -0.4 is 5.32 Å². The average Bonchev–Trinajstić information content (AvgIpc) is 2.26. The van der Waals surface area contributed by atoms with Gasteiger partial charge in [-0.3, -0.25) is 4.79 Å². The van der Waals surface area contributed by atoms with Crippen molar-refractivity contribution >= 4 is 5.91 Å². The van der Waals surface area contributed by atoms with E-state index < -0.39 is 0 Å². The largest absolute Gasteiger partial charge is 0.395 e. The van der Waals surface area contributed by atoms with E-state index in [9.17, 15) is 9.90 Å². The summed E-state index contributed by atoms with van der Waals surface area (Å²) < 4.78 is 0. The van der Waals surface area contributed by atoms with Crippen molar-refractivity contribution < 1.29 is 9.90 Å². The molecule has 4 nitrogen and oxygen atoms in total. The van der Waals surface area contributed by atoms with E-state index in [0.29, 0.717) is 5.92 Å². The van der Waals surface area contributed by atoms with E-state index in [1.54, 1.807) is 4.90 Å². The SMILES string of the molecule is CCN(CC)C(=O)C(C)N[C@H](CO)C(C)C. The van der Waals surface area contributed by atoms with Crippen LogP contribution in [0.25, 0.3) is 0 Å². The lowest BCUT2D eigenvalue weighted by Crippen LogP contribution is -2.50. The van der Waals surface area contributed by atoms with Crippen molar-refractivity contribution in [2.24, 2.45) is 5.92 Å². The van der Waals surface area contributed by atoms with Crippen LogP contribution in [-0.2, 0) is 4.79 Å². The molecule has 0 fully saturated rings. The number of aliphatic hydroxyl groups is 1. The standard InChI is InChI=1S/C12H26N2O2/c1-6-14(7-2)12(16)10(5)13-11(8-15)9(3)4/h9-11,13,15H,6-8H2,1-5H3/t10?,11-/m1/s1. The van der Waals surface area contributed by atoms with Gasteiger partial charge in [-0.1, -0.05) is 13.8 Å². The summed E-state index contributed by atoms with van der Waals surface area (Å²) in [5, 5.41) is 12.4. The van der Waals surface area contributed by atoms with Gasteiger partial charge in [0.1, 0.15) is 0 Å². The number of hydrogen-bond donors (Lipinski definition) is 2. The molecule has 1 unspecified atom stereocenters. The van der Waals surface area contributed by atoms with Gasteiger partial charge in [0.25, 0.3) is 0 Å². The molecule has 1 amide bonds. The topological polar surface area (TPSA) is 52.6 Å². The molecule has 0 radical (unpaired) electrons. The number of hydrogen-bond acceptors (Lipinski definition) is 3. The Morgan fingerprint density at radius 2 is 1.75 bits per heavy atom. The molecule has 0 saturated heterocycles. The van der Waals surface area contributed by atoms with Gasteiger partial charge < -0.3 is 15.3 Å². The number of nitrogens with one attached hydrogen (secondary N) is 1. The zero-order valence-corrected chi connectivity index (χ0v) is 11.2. The van der Waals surface area contributed by atoms with Crippen molar-refractivity contribution in [2.45, 2.75) is 46.7 Å². The Balaban J connectivity index is 4.32. The van der Waals surface area contributed by atoms with Crippen molar-refractivity contribution in [3.63, 3.8) is 0 Å². The fourth-order valence-corrected chi connectivity index (χ4v) is 1.66. The third kappa shape index (κ3) is 4.49. The summed E-state index contributed by atoms with van der Waals surface area (Å²) in [6, 6.07) is -0.256. The quantitative estimate of drug-likeness (QED) is 0.682. The van der Waals surface area contributed by atoms with E-state index in [0.717, 1.165) is 13.1 Å². The Bertz CT molecular complexity index is 203. The highest BCUT2D eigenvalue weighted by Gasteiger charge is 2.22. The second-order valence-electron chi connectivity index (χ2n) is 4.43. The molecule has 96 valence electrons. The Labute approximate surface area is 99.0 Å². The predicted octanol–water partition coefficient (Wildman–Crippen LogP) is 0.850. The molecular formula is C12H26N2O2. The molecule has 0 aromatic carbocycles. The zero-order chi connectivity index (χ0) is 12.7. The first-order valence-electron chi connectivity index (χ1n) is 6.13. The normalized spacial score (nSPS) is 14.9. The van der Waals surface area contributed by atoms with Gasteiger partial charge in [0.05, 0.1) is 12.6 Å². The van der Waals surface area contributed by atoms with E-state index in [1.165, 1.54) is 0 Å². The van der Waals surface area contributed by atoms with Crippen LogP contribution in [0.5, 0.6) is 0 Å². The highest BCUT2D eigenvalue weighted by Crippen LogP contribution is 2.03. The van der Waals surface area contributed by atoms with Crippen molar-refractivity contribution in [1.29, 1.82) is 0 Å². The minimum atomic E-state index is -0.237. The molecule has 0 aromatic heterocycles. The Hall–Kier alpha value is -0.610. The average molecular weight is 230 g/mol. The predicted molar refractivity (Wildman–Crippen MR) is 66.2 cm³/mol. The van der Waals surface area contributed by atoms with Gasteiger partial charge in [-0.05, 0) is 26.7 Å². The molecule has 0 saturated carbocycles. The molecule has 4 heteroatoms. The maximum absolute atomic E-state index is 12.0. The maximum Gasteiger partial charge on any atom is 0.239 e. The summed E-state index contributed by atoms with van der Waals surface area (Å²) in [6.45, 7) is 11.4. The zero-order valence-electron chi connectivity index (χ0n) is 11.2. The Morgan fingerprint density at radius 3 is 2.06 bits per heavy atom. The molecule has 2 N–H and O–H groups in total. The van der Waals surface area contributed by atoms with Crippen LogP contribution >= 0.6 is 0 Å². The number of nitrogens with zero attached hydrogens (tertiary/aromatic N) is 1. The van der Waals surface area contributed by atoms with Crippen LogP contribution in [0.15, 0.2) is 0 Å². The molecule has 16 heavy (non-hydrogen) atoms. The maximum atomic E-state index is 12.0. The van der Waals surface area contributed by atoms with Gasteiger partial charge >= 0.3 is 0 Å². The van der Waals surface area contributed by atoms with Crippen molar-refractivity contribution in [1.82, 2.24) is 10.2 Å². The Morgan fingerprint density at radius 1 is 1.25 bits per heavy atom. The van der Waals surface area contributed by atoms with Gasteiger partial charge in [0, 0.05) is 19.1 Å². The van der Waals surface area contributed by atoms with Crippen molar-refractivity contribution in [3.8, 4) is 0 Å². The highest BCUT2D eigenvalue weighted by molar-refractivity contribution is 5.81. The fourth-order valence-electron chi connectivity index (χ4n) is 1.66. The Kier molecular flexibility index (Phi) is 7.34. The summed E-state index contributed by atoms with van der Waals surface area (Å²) >= 11 is 0. The van der Waals surface area contributed by atoms with E-state index in [1.807, 2.05) is 34.6 Å². The molecule has 0 aromatic rings. The number of carbonyl (C=O) groups is 1. The van der Waals surface area contributed by atoms with Crippen LogP contribution in [0, 0.1) is 5.92 Å². The summed E-state index contributed by atoms with van der Waals surface area (Å²) in [4.78, 5) is 13.8. The highest BCUT2D eigenvalue weighted by atomic mass is 16.3.